The fourth-order valence-corrected chi connectivity index (χ4v) is 2.15. The van der Waals surface area contributed by atoms with Gasteiger partial charge < -0.3 is 10.2 Å². The fraction of sp³-hybridized carbons (Fsp3) is 0.688. The van der Waals surface area contributed by atoms with Gasteiger partial charge in [-0.05, 0) is 31.9 Å². The lowest BCUT2D eigenvalue weighted by Crippen LogP contribution is -2.28. The van der Waals surface area contributed by atoms with E-state index in [1.54, 1.807) is 6.07 Å². The molecule has 0 saturated heterocycles. The van der Waals surface area contributed by atoms with Crippen LogP contribution < -0.4 is 10.2 Å². The van der Waals surface area contributed by atoms with Crippen molar-refractivity contribution in [2.45, 2.75) is 47.1 Å². The summed E-state index contributed by atoms with van der Waals surface area (Å²) in [5, 5.41) is 3.37. The normalized spacial score (nSPS) is 11.1. The summed E-state index contributed by atoms with van der Waals surface area (Å²) in [6.07, 6.45) is 3.60. The molecule has 20 heavy (non-hydrogen) atoms. The Balaban J connectivity index is 2.81. The second kappa shape index (κ2) is 8.90. The van der Waals surface area contributed by atoms with E-state index in [2.05, 4.69) is 42.9 Å². The highest BCUT2D eigenvalue weighted by atomic mass is 19.1. The SMILES string of the molecule is CCCCN(CC)c1ncc(F)cc1CNCC(C)C. The summed E-state index contributed by atoms with van der Waals surface area (Å²) >= 11 is 0. The number of hydrogen-bond acceptors (Lipinski definition) is 3. The largest absolute Gasteiger partial charge is 0.357 e. The molecule has 0 spiro atoms. The lowest BCUT2D eigenvalue weighted by atomic mass is 10.2. The molecule has 0 unspecified atom stereocenters. The van der Waals surface area contributed by atoms with Crippen molar-refractivity contribution in [3.63, 3.8) is 0 Å². The van der Waals surface area contributed by atoms with Crippen LogP contribution in [0.5, 0.6) is 0 Å². The van der Waals surface area contributed by atoms with E-state index < -0.39 is 0 Å². The zero-order chi connectivity index (χ0) is 15.0. The summed E-state index contributed by atoms with van der Waals surface area (Å²) in [6, 6.07) is 1.60. The zero-order valence-corrected chi connectivity index (χ0v) is 13.2. The van der Waals surface area contributed by atoms with Crippen molar-refractivity contribution in [2.24, 2.45) is 5.92 Å². The minimum absolute atomic E-state index is 0.262. The van der Waals surface area contributed by atoms with Gasteiger partial charge in [0.05, 0.1) is 6.20 Å². The molecule has 0 atom stereocenters. The maximum absolute atomic E-state index is 13.4. The molecule has 0 aliphatic rings. The summed E-state index contributed by atoms with van der Waals surface area (Å²) in [5.41, 5.74) is 0.948. The standard InChI is InChI=1S/C16H28FN3/c1-5-7-8-20(6-2)16-14(9-15(17)12-19-16)11-18-10-13(3)4/h9,12-13,18H,5-8,10-11H2,1-4H3. The van der Waals surface area contributed by atoms with Gasteiger partial charge in [0, 0.05) is 25.2 Å². The first-order valence-corrected chi connectivity index (χ1v) is 7.68. The first-order chi connectivity index (χ1) is 9.58. The Morgan fingerprint density at radius 1 is 1.35 bits per heavy atom. The molecule has 1 aromatic heterocycles. The van der Waals surface area contributed by atoms with Crippen LogP contribution in [0.25, 0.3) is 0 Å². The smallest absolute Gasteiger partial charge is 0.141 e. The summed E-state index contributed by atoms with van der Waals surface area (Å²) < 4.78 is 13.4. The number of hydrogen-bond donors (Lipinski definition) is 1. The van der Waals surface area contributed by atoms with Crippen LogP contribution in [0.15, 0.2) is 12.3 Å². The average Bonchev–Trinajstić information content (AvgIpc) is 2.41. The molecule has 3 nitrogen and oxygen atoms in total. The second-order valence-corrected chi connectivity index (χ2v) is 5.59. The predicted octanol–water partition coefficient (Wildman–Crippen LogP) is 3.59. The second-order valence-electron chi connectivity index (χ2n) is 5.59. The van der Waals surface area contributed by atoms with Crippen molar-refractivity contribution in [3.8, 4) is 0 Å². The minimum Gasteiger partial charge on any atom is -0.357 e. The third-order valence-corrected chi connectivity index (χ3v) is 3.24. The van der Waals surface area contributed by atoms with Gasteiger partial charge in [-0.25, -0.2) is 9.37 Å². The molecule has 1 aromatic rings. The van der Waals surface area contributed by atoms with Gasteiger partial charge in [-0.15, -0.1) is 0 Å². The van der Waals surface area contributed by atoms with Crippen molar-refractivity contribution < 1.29 is 4.39 Å². The lowest BCUT2D eigenvalue weighted by Gasteiger charge is -2.24. The molecule has 0 fully saturated rings. The third-order valence-electron chi connectivity index (χ3n) is 3.24. The number of aromatic nitrogens is 1. The van der Waals surface area contributed by atoms with Crippen molar-refractivity contribution in [1.82, 2.24) is 10.3 Å². The van der Waals surface area contributed by atoms with E-state index in [0.29, 0.717) is 12.5 Å². The van der Waals surface area contributed by atoms with Crippen LogP contribution >= 0.6 is 0 Å². The van der Waals surface area contributed by atoms with Crippen LogP contribution in [0.1, 0.15) is 46.1 Å². The van der Waals surface area contributed by atoms with Crippen LogP contribution in [0.2, 0.25) is 0 Å². The summed E-state index contributed by atoms with van der Waals surface area (Å²) in [6.45, 7) is 12.1. The van der Waals surface area contributed by atoms with Crippen molar-refractivity contribution in [1.29, 1.82) is 0 Å². The molecule has 1 N–H and O–H groups in total. The van der Waals surface area contributed by atoms with E-state index in [0.717, 1.165) is 43.9 Å². The van der Waals surface area contributed by atoms with Crippen LogP contribution in [0.4, 0.5) is 10.2 Å². The van der Waals surface area contributed by atoms with Gasteiger partial charge >= 0.3 is 0 Å². The van der Waals surface area contributed by atoms with E-state index >= 15 is 0 Å². The maximum Gasteiger partial charge on any atom is 0.141 e. The quantitative estimate of drug-likeness (QED) is 0.749. The van der Waals surface area contributed by atoms with E-state index in [9.17, 15) is 4.39 Å². The van der Waals surface area contributed by atoms with Gasteiger partial charge in [0.15, 0.2) is 0 Å². The number of nitrogens with zero attached hydrogens (tertiary/aromatic N) is 2. The van der Waals surface area contributed by atoms with Gasteiger partial charge in [-0.2, -0.15) is 0 Å². The topological polar surface area (TPSA) is 28.2 Å². The van der Waals surface area contributed by atoms with Gasteiger partial charge in [0.2, 0.25) is 0 Å². The number of nitrogens with one attached hydrogen (secondary N) is 1. The molecule has 1 rings (SSSR count). The maximum atomic E-state index is 13.4. The highest BCUT2D eigenvalue weighted by Gasteiger charge is 2.12. The number of halogens is 1. The van der Waals surface area contributed by atoms with Gasteiger partial charge in [0.1, 0.15) is 11.6 Å². The Kier molecular flexibility index (Phi) is 7.52. The molecule has 0 bridgehead atoms. The van der Waals surface area contributed by atoms with E-state index in [-0.39, 0.29) is 5.82 Å². The summed E-state index contributed by atoms with van der Waals surface area (Å²) in [7, 11) is 0. The van der Waals surface area contributed by atoms with Crippen LogP contribution in [0.3, 0.4) is 0 Å². The fourth-order valence-electron chi connectivity index (χ4n) is 2.15. The number of pyridine rings is 1. The molecule has 0 saturated carbocycles. The average molecular weight is 281 g/mol. The molecule has 0 aliphatic carbocycles. The molecular weight excluding hydrogens is 253 g/mol. The van der Waals surface area contributed by atoms with Crippen molar-refractivity contribution >= 4 is 5.82 Å². The molecule has 0 aliphatic heterocycles. The van der Waals surface area contributed by atoms with Gasteiger partial charge in [0.25, 0.3) is 0 Å². The lowest BCUT2D eigenvalue weighted by molar-refractivity contribution is 0.547. The Labute approximate surface area is 122 Å². The van der Waals surface area contributed by atoms with Crippen LogP contribution in [0, 0.1) is 11.7 Å². The van der Waals surface area contributed by atoms with Crippen LogP contribution in [-0.2, 0) is 6.54 Å². The Bertz CT molecular complexity index is 393. The Morgan fingerprint density at radius 3 is 2.70 bits per heavy atom. The monoisotopic (exact) mass is 281 g/mol. The van der Waals surface area contributed by atoms with E-state index in [4.69, 9.17) is 0 Å². The number of unbranched alkanes of at least 4 members (excludes halogenated alkanes) is 1. The molecule has 0 amide bonds. The highest BCUT2D eigenvalue weighted by molar-refractivity contribution is 5.46. The van der Waals surface area contributed by atoms with Gasteiger partial charge in [-0.3, -0.25) is 0 Å². The molecule has 1 heterocycles. The molecule has 4 heteroatoms. The number of rotatable bonds is 9. The molecule has 0 radical (unpaired) electrons. The first kappa shape index (κ1) is 16.9. The molecular formula is C16H28FN3. The molecule has 0 aromatic carbocycles. The summed E-state index contributed by atoms with van der Waals surface area (Å²) in [4.78, 5) is 6.54. The molecule has 114 valence electrons. The predicted molar refractivity (Wildman–Crippen MR) is 83.5 cm³/mol. The highest BCUT2D eigenvalue weighted by Crippen LogP contribution is 2.19. The van der Waals surface area contributed by atoms with Crippen molar-refractivity contribution in [2.75, 3.05) is 24.5 Å². The minimum atomic E-state index is -0.262. The Hall–Kier alpha value is -1.16. The Morgan fingerprint density at radius 2 is 2.10 bits per heavy atom. The number of anilines is 1. The first-order valence-electron chi connectivity index (χ1n) is 7.68. The van der Waals surface area contributed by atoms with E-state index in [1.807, 2.05) is 0 Å². The summed E-state index contributed by atoms with van der Waals surface area (Å²) in [5.74, 6) is 1.24. The third kappa shape index (κ3) is 5.45. The van der Waals surface area contributed by atoms with Crippen LogP contribution in [-0.4, -0.2) is 24.6 Å². The zero-order valence-electron chi connectivity index (χ0n) is 13.2. The van der Waals surface area contributed by atoms with Crippen molar-refractivity contribution in [3.05, 3.63) is 23.6 Å². The van der Waals surface area contributed by atoms with Gasteiger partial charge in [-0.1, -0.05) is 27.2 Å². The van der Waals surface area contributed by atoms with E-state index in [1.165, 1.54) is 6.20 Å².